The van der Waals surface area contributed by atoms with E-state index in [9.17, 15) is 8.42 Å². The molecule has 90 valence electrons. The fourth-order valence-corrected chi connectivity index (χ4v) is 2.03. The fraction of sp³-hybridized carbons (Fsp3) is 0.222. The van der Waals surface area contributed by atoms with Gasteiger partial charge in [0.05, 0.1) is 19.3 Å². The number of nitrogens with one attached hydrogen (secondary N) is 1. The highest BCUT2D eigenvalue weighted by Crippen LogP contribution is 2.06. The number of methoxy groups -OCH3 is 1. The molecular weight excluding hydrogens is 244 g/mol. The van der Waals surface area contributed by atoms with Crippen molar-refractivity contribution >= 4 is 21.9 Å². The molecule has 8 heteroatoms. The molecule has 0 bridgehead atoms. The van der Waals surface area contributed by atoms with Gasteiger partial charge in [0.25, 0.3) is 5.90 Å². The molecule has 0 aliphatic carbocycles. The van der Waals surface area contributed by atoms with Crippen LogP contribution < -0.4 is 5.32 Å². The zero-order valence-corrected chi connectivity index (χ0v) is 9.81. The van der Waals surface area contributed by atoms with Crippen molar-refractivity contribution in [3.63, 3.8) is 0 Å². The first kappa shape index (κ1) is 11.5. The summed E-state index contributed by atoms with van der Waals surface area (Å²) in [5, 5.41) is 2.81. The minimum Gasteiger partial charge on any atom is -0.478 e. The number of aromatic nitrogens is 1. The quantitative estimate of drug-likeness (QED) is 0.793. The van der Waals surface area contributed by atoms with E-state index < -0.39 is 10.2 Å². The largest absolute Gasteiger partial charge is 0.478 e. The van der Waals surface area contributed by atoms with E-state index >= 15 is 0 Å². The SMILES string of the molecule is COC1=NS(=O)(=O)N=C1NCc1ccccn1. The van der Waals surface area contributed by atoms with Crippen LogP contribution in [0.1, 0.15) is 5.69 Å². The molecule has 0 aromatic carbocycles. The second-order valence-electron chi connectivity index (χ2n) is 3.16. The number of pyridine rings is 1. The Kier molecular flexibility index (Phi) is 3.05. The Hall–Kier alpha value is -1.96. The lowest BCUT2D eigenvalue weighted by atomic mass is 10.3. The fourth-order valence-electron chi connectivity index (χ4n) is 1.24. The molecule has 0 fully saturated rings. The van der Waals surface area contributed by atoms with E-state index in [1.807, 2.05) is 6.07 Å². The summed E-state index contributed by atoms with van der Waals surface area (Å²) < 4.78 is 33.7. The molecule has 0 radical (unpaired) electrons. The predicted molar refractivity (Wildman–Crippen MR) is 61.9 cm³/mol. The Labute approximate surface area is 98.5 Å². The molecular formula is C9H10N4O3S. The average molecular weight is 254 g/mol. The Morgan fingerprint density at radius 1 is 1.35 bits per heavy atom. The Bertz CT molecular complexity index is 565. The molecule has 0 amide bonds. The van der Waals surface area contributed by atoms with Crippen LogP contribution in [0, 0.1) is 0 Å². The van der Waals surface area contributed by atoms with Gasteiger partial charge in [-0.25, -0.2) is 0 Å². The molecule has 1 aromatic heterocycles. The zero-order chi connectivity index (χ0) is 12.3. The van der Waals surface area contributed by atoms with Crippen molar-refractivity contribution in [2.75, 3.05) is 7.11 Å². The minimum atomic E-state index is -3.79. The highest BCUT2D eigenvalue weighted by atomic mass is 32.2. The first-order valence-corrected chi connectivity index (χ1v) is 6.13. The van der Waals surface area contributed by atoms with Crippen molar-refractivity contribution in [2.24, 2.45) is 8.80 Å². The number of rotatable bonds is 2. The molecule has 2 heterocycles. The van der Waals surface area contributed by atoms with Gasteiger partial charge in [0.1, 0.15) is 0 Å². The van der Waals surface area contributed by atoms with Gasteiger partial charge in [-0.15, -0.1) is 8.80 Å². The third kappa shape index (κ3) is 2.78. The monoisotopic (exact) mass is 254 g/mol. The average Bonchev–Trinajstić information content (AvgIpc) is 2.63. The molecule has 2 rings (SSSR count). The molecule has 0 atom stereocenters. The van der Waals surface area contributed by atoms with E-state index in [1.54, 1.807) is 18.3 Å². The third-order valence-corrected chi connectivity index (χ3v) is 2.77. The van der Waals surface area contributed by atoms with Gasteiger partial charge in [-0.2, -0.15) is 8.42 Å². The van der Waals surface area contributed by atoms with Crippen LogP contribution in [0.25, 0.3) is 0 Å². The van der Waals surface area contributed by atoms with Crippen LogP contribution in [0.15, 0.2) is 33.2 Å². The van der Waals surface area contributed by atoms with Crippen molar-refractivity contribution in [3.05, 3.63) is 30.1 Å². The smallest absolute Gasteiger partial charge is 0.368 e. The summed E-state index contributed by atoms with van der Waals surface area (Å²) in [6, 6.07) is 5.44. The zero-order valence-electron chi connectivity index (χ0n) is 8.99. The lowest BCUT2D eigenvalue weighted by Gasteiger charge is -2.05. The van der Waals surface area contributed by atoms with Crippen LogP contribution in [-0.4, -0.2) is 32.2 Å². The molecule has 0 unspecified atom stereocenters. The van der Waals surface area contributed by atoms with Crippen LogP contribution in [0.5, 0.6) is 0 Å². The number of hydrogen-bond acceptors (Lipinski definition) is 5. The maximum atomic E-state index is 11.1. The van der Waals surface area contributed by atoms with Crippen molar-refractivity contribution in [1.29, 1.82) is 0 Å². The van der Waals surface area contributed by atoms with Gasteiger partial charge in [0.2, 0.25) is 5.84 Å². The van der Waals surface area contributed by atoms with Crippen LogP contribution in [0.2, 0.25) is 0 Å². The number of amidine groups is 1. The van der Waals surface area contributed by atoms with Crippen LogP contribution in [-0.2, 0) is 21.5 Å². The van der Waals surface area contributed by atoms with Crippen molar-refractivity contribution < 1.29 is 13.2 Å². The van der Waals surface area contributed by atoms with Crippen LogP contribution in [0.3, 0.4) is 0 Å². The summed E-state index contributed by atoms with van der Waals surface area (Å²) in [5.74, 6) is 0.0547. The highest BCUT2D eigenvalue weighted by molar-refractivity contribution is 7.89. The molecule has 17 heavy (non-hydrogen) atoms. The second-order valence-corrected chi connectivity index (χ2v) is 4.42. The molecule has 1 aliphatic heterocycles. The Morgan fingerprint density at radius 3 is 2.82 bits per heavy atom. The highest BCUT2D eigenvalue weighted by Gasteiger charge is 2.24. The maximum absolute atomic E-state index is 11.1. The van der Waals surface area contributed by atoms with E-state index in [0.29, 0.717) is 6.54 Å². The molecule has 0 saturated heterocycles. The van der Waals surface area contributed by atoms with E-state index in [-0.39, 0.29) is 11.7 Å². The van der Waals surface area contributed by atoms with Gasteiger partial charge in [-0.3, -0.25) is 4.98 Å². The molecule has 0 spiro atoms. The molecule has 1 N–H and O–H groups in total. The first-order valence-electron chi connectivity index (χ1n) is 4.74. The van der Waals surface area contributed by atoms with Gasteiger partial charge >= 0.3 is 10.2 Å². The Balaban J connectivity index is 2.08. The van der Waals surface area contributed by atoms with Crippen molar-refractivity contribution in [2.45, 2.75) is 6.54 Å². The molecule has 1 aliphatic rings. The van der Waals surface area contributed by atoms with E-state index in [2.05, 4.69) is 19.1 Å². The summed E-state index contributed by atoms with van der Waals surface area (Å²) in [5.41, 5.74) is 0.759. The lowest BCUT2D eigenvalue weighted by molar-refractivity contribution is 0.411. The third-order valence-electron chi connectivity index (χ3n) is 1.96. The normalized spacial score (nSPS) is 17.2. The number of nitrogens with zero attached hydrogens (tertiary/aromatic N) is 3. The summed E-state index contributed by atoms with van der Waals surface area (Å²) in [6.07, 6.45) is 1.65. The van der Waals surface area contributed by atoms with Gasteiger partial charge in [-0.1, -0.05) is 6.07 Å². The summed E-state index contributed by atoms with van der Waals surface area (Å²) in [7, 11) is -2.46. The van der Waals surface area contributed by atoms with Gasteiger partial charge in [-0.05, 0) is 12.1 Å². The van der Waals surface area contributed by atoms with Gasteiger partial charge in [0, 0.05) is 6.20 Å². The van der Waals surface area contributed by atoms with E-state index in [4.69, 9.17) is 4.74 Å². The Morgan fingerprint density at radius 2 is 2.18 bits per heavy atom. The van der Waals surface area contributed by atoms with E-state index in [1.165, 1.54) is 7.11 Å². The standard InChI is InChI=1S/C9H10N4O3S/c1-16-9-8(12-17(14,15)13-9)11-6-7-4-2-3-5-10-7/h2-5H,6H2,1H3,(H,11,12). The van der Waals surface area contributed by atoms with Crippen molar-refractivity contribution in [1.82, 2.24) is 10.3 Å². The minimum absolute atomic E-state index is 0.0408. The maximum Gasteiger partial charge on any atom is 0.368 e. The number of hydrogen-bond donors (Lipinski definition) is 1. The van der Waals surface area contributed by atoms with Gasteiger partial charge in [0.15, 0.2) is 0 Å². The summed E-state index contributed by atoms with van der Waals surface area (Å²) >= 11 is 0. The topological polar surface area (TPSA) is 93.0 Å². The summed E-state index contributed by atoms with van der Waals surface area (Å²) in [6.45, 7) is 0.345. The predicted octanol–water partition coefficient (Wildman–Crippen LogP) is -0.127. The van der Waals surface area contributed by atoms with Crippen molar-refractivity contribution in [3.8, 4) is 0 Å². The summed E-state index contributed by atoms with van der Waals surface area (Å²) in [4.78, 5) is 4.08. The van der Waals surface area contributed by atoms with Gasteiger partial charge < -0.3 is 10.1 Å². The van der Waals surface area contributed by atoms with Crippen LogP contribution in [0.4, 0.5) is 0 Å². The molecule has 1 aromatic rings. The second kappa shape index (κ2) is 4.50. The molecule has 7 nitrogen and oxygen atoms in total. The lowest BCUT2D eigenvalue weighted by Crippen LogP contribution is -2.30. The van der Waals surface area contributed by atoms with Crippen LogP contribution >= 0.6 is 0 Å². The first-order chi connectivity index (χ1) is 8.11. The number of ether oxygens (including phenoxy) is 1. The van der Waals surface area contributed by atoms with E-state index in [0.717, 1.165) is 5.69 Å². The molecule has 0 saturated carbocycles.